The van der Waals surface area contributed by atoms with Crippen LogP contribution in [0.15, 0.2) is 30.3 Å². The van der Waals surface area contributed by atoms with E-state index in [1.807, 2.05) is 30.3 Å². The molecule has 1 fully saturated rings. The maximum absolute atomic E-state index is 12.2. The van der Waals surface area contributed by atoms with Gasteiger partial charge in [0.15, 0.2) is 0 Å². The minimum absolute atomic E-state index is 0.0252. The number of hydrogen-bond acceptors (Lipinski definition) is 5. The maximum Gasteiger partial charge on any atom is 0.226 e. The number of benzene rings is 1. The number of hydrogen-bond donors (Lipinski definition) is 3. The molecule has 1 heterocycles. The highest BCUT2D eigenvalue weighted by Crippen LogP contribution is 2.22. The summed E-state index contributed by atoms with van der Waals surface area (Å²) in [5, 5.41) is 23.0. The van der Waals surface area contributed by atoms with Crippen LogP contribution in [0.1, 0.15) is 19.8 Å². The van der Waals surface area contributed by atoms with Crippen LogP contribution in [0.5, 0.6) is 5.75 Å². The molecule has 0 unspecified atom stereocenters. The van der Waals surface area contributed by atoms with Crippen LogP contribution in [0.2, 0.25) is 0 Å². The molecule has 1 aromatic carbocycles. The molecule has 0 radical (unpaired) electrons. The van der Waals surface area contributed by atoms with Crippen molar-refractivity contribution < 1.29 is 24.5 Å². The summed E-state index contributed by atoms with van der Waals surface area (Å²) < 4.78 is 5.49. The molecule has 2 atom stereocenters. The monoisotopic (exact) mass is 336 g/mol. The zero-order valence-electron chi connectivity index (χ0n) is 13.8. The zero-order chi connectivity index (χ0) is 17.6. The third kappa shape index (κ3) is 4.94. The Morgan fingerprint density at radius 2 is 2.08 bits per heavy atom. The van der Waals surface area contributed by atoms with Crippen molar-refractivity contribution in [2.75, 3.05) is 26.2 Å². The van der Waals surface area contributed by atoms with Gasteiger partial charge in [0.1, 0.15) is 17.5 Å². The summed E-state index contributed by atoms with van der Waals surface area (Å²) in [6.07, 6.45) is -0.692. The van der Waals surface area contributed by atoms with Crippen LogP contribution in [0.3, 0.4) is 0 Å². The molecule has 0 aliphatic carbocycles. The number of piperidine rings is 1. The lowest BCUT2D eigenvalue weighted by Crippen LogP contribution is -2.61. The van der Waals surface area contributed by atoms with Gasteiger partial charge in [0.25, 0.3) is 0 Å². The maximum atomic E-state index is 12.2. The third-order valence-electron chi connectivity index (χ3n) is 4.15. The molecule has 7 nitrogen and oxygen atoms in total. The van der Waals surface area contributed by atoms with Gasteiger partial charge in [0.2, 0.25) is 11.8 Å². The standard InChI is InChI=1S/C17H24N2O5/c1-13(20)18-12-17(23)8-9-19(11-15(17)21)16(22)7-10-24-14-5-3-2-4-6-14/h2-6,15,21,23H,7-12H2,1H3,(H,18,20)/t15-,17-/m1/s1. The summed E-state index contributed by atoms with van der Waals surface area (Å²) in [6.45, 7) is 1.95. The summed E-state index contributed by atoms with van der Waals surface area (Å²) in [6, 6.07) is 9.23. The number of carbonyl (C=O) groups is 2. The Morgan fingerprint density at radius 1 is 1.38 bits per heavy atom. The number of nitrogens with zero attached hydrogens (tertiary/aromatic N) is 1. The highest BCUT2D eigenvalue weighted by atomic mass is 16.5. The molecule has 0 aromatic heterocycles. The van der Waals surface area contributed by atoms with E-state index in [4.69, 9.17) is 4.74 Å². The SMILES string of the molecule is CC(=O)NC[C@]1(O)CCN(C(=O)CCOc2ccccc2)C[C@H]1O. The fourth-order valence-corrected chi connectivity index (χ4v) is 2.61. The van der Waals surface area contributed by atoms with E-state index in [9.17, 15) is 19.8 Å². The van der Waals surface area contributed by atoms with E-state index in [0.29, 0.717) is 12.3 Å². The van der Waals surface area contributed by atoms with E-state index in [1.165, 1.54) is 11.8 Å². The van der Waals surface area contributed by atoms with Crippen molar-refractivity contribution >= 4 is 11.8 Å². The molecule has 2 amide bonds. The molecule has 1 saturated heterocycles. The average Bonchev–Trinajstić information content (AvgIpc) is 2.56. The first kappa shape index (κ1) is 18.2. The molecule has 0 bridgehead atoms. The van der Waals surface area contributed by atoms with Crippen LogP contribution in [-0.4, -0.2) is 64.9 Å². The van der Waals surface area contributed by atoms with Crippen LogP contribution in [0, 0.1) is 0 Å². The lowest BCUT2D eigenvalue weighted by molar-refractivity contribution is -0.150. The van der Waals surface area contributed by atoms with Crippen molar-refractivity contribution in [3.05, 3.63) is 30.3 Å². The zero-order valence-corrected chi connectivity index (χ0v) is 13.8. The summed E-state index contributed by atoms with van der Waals surface area (Å²) in [4.78, 5) is 24.7. The minimum atomic E-state index is -1.40. The fourth-order valence-electron chi connectivity index (χ4n) is 2.61. The Hall–Kier alpha value is -2.12. The van der Waals surface area contributed by atoms with Gasteiger partial charge in [0.05, 0.1) is 13.0 Å². The van der Waals surface area contributed by atoms with E-state index in [0.717, 1.165) is 0 Å². The van der Waals surface area contributed by atoms with E-state index in [2.05, 4.69) is 5.32 Å². The molecule has 0 spiro atoms. The number of rotatable bonds is 6. The first-order valence-corrected chi connectivity index (χ1v) is 8.01. The number of ether oxygens (including phenoxy) is 1. The number of aliphatic hydroxyl groups is 2. The van der Waals surface area contributed by atoms with E-state index in [1.54, 1.807) is 0 Å². The summed E-state index contributed by atoms with van der Waals surface area (Å²) >= 11 is 0. The quantitative estimate of drug-likeness (QED) is 0.675. The molecule has 3 N–H and O–H groups in total. The van der Waals surface area contributed by atoms with Gasteiger partial charge < -0.3 is 25.2 Å². The molecule has 1 aliphatic heterocycles. The van der Waals surface area contributed by atoms with Crippen LogP contribution < -0.4 is 10.1 Å². The van der Waals surface area contributed by atoms with Crippen molar-refractivity contribution in [1.82, 2.24) is 10.2 Å². The third-order valence-corrected chi connectivity index (χ3v) is 4.15. The molecule has 1 aliphatic rings. The average molecular weight is 336 g/mol. The van der Waals surface area contributed by atoms with Crippen molar-refractivity contribution in [1.29, 1.82) is 0 Å². The van der Waals surface area contributed by atoms with Gasteiger partial charge in [0, 0.05) is 26.6 Å². The number of likely N-dealkylation sites (tertiary alicyclic amines) is 1. The number of para-hydroxylation sites is 1. The molecule has 7 heteroatoms. The normalized spacial score (nSPS) is 23.6. The summed E-state index contributed by atoms with van der Waals surface area (Å²) in [7, 11) is 0. The number of amides is 2. The Labute approximate surface area is 141 Å². The van der Waals surface area contributed by atoms with E-state index < -0.39 is 11.7 Å². The largest absolute Gasteiger partial charge is 0.493 e. The lowest BCUT2D eigenvalue weighted by Gasteiger charge is -2.42. The summed E-state index contributed by atoms with van der Waals surface area (Å²) in [5.74, 6) is 0.299. The van der Waals surface area contributed by atoms with Crippen molar-refractivity contribution in [3.63, 3.8) is 0 Å². The second kappa shape index (κ2) is 8.12. The van der Waals surface area contributed by atoms with Crippen molar-refractivity contribution in [2.24, 2.45) is 0 Å². The summed E-state index contributed by atoms with van der Waals surface area (Å²) in [5.41, 5.74) is -1.40. The molecular formula is C17H24N2O5. The van der Waals surface area contributed by atoms with Gasteiger partial charge in [-0.2, -0.15) is 0 Å². The van der Waals surface area contributed by atoms with Crippen molar-refractivity contribution in [3.8, 4) is 5.75 Å². The number of nitrogens with one attached hydrogen (secondary N) is 1. The molecular weight excluding hydrogens is 312 g/mol. The van der Waals surface area contributed by atoms with Gasteiger partial charge in [-0.15, -0.1) is 0 Å². The fraction of sp³-hybridized carbons (Fsp3) is 0.529. The van der Waals surface area contributed by atoms with E-state index >= 15 is 0 Å². The topological polar surface area (TPSA) is 99.1 Å². The van der Waals surface area contributed by atoms with Crippen LogP contribution in [0.4, 0.5) is 0 Å². The Morgan fingerprint density at radius 3 is 2.71 bits per heavy atom. The lowest BCUT2D eigenvalue weighted by atomic mass is 9.88. The molecule has 132 valence electrons. The van der Waals surface area contributed by atoms with Gasteiger partial charge >= 0.3 is 0 Å². The Bertz CT molecular complexity index is 565. The van der Waals surface area contributed by atoms with E-state index in [-0.39, 0.29) is 44.4 Å². The smallest absolute Gasteiger partial charge is 0.226 e. The highest BCUT2D eigenvalue weighted by Gasteiger charge is 2.41. The van der Waals surface area contributed by atoms with Crippen LogP contribution in [0.25, 0.3) is 0 Å². The van der Waals surface area contributed by atoms with Gasteiger partial charge in [-0.05, 0) is 18.6 Å². The second-order valence-electron chi connectivity index (χ2n) is 6.03. The predicted octanol–water partition coefficient (Wildman–Crippen LogP) is -0.0841. The first-order valence-electron chi connectivity index (χ1n) is 8.01. The number of carbonyl (C=O) groups excluding carboxylic acids is 2. The van der Waals surface area contributed by atoms with Crippen molar-refractivity contribution in [2.45, 2.75) is 31.5 Å². The highest BCUT2D eigenvalue weighted by molar-refractivity contribution is 5.76. The minimum Gasteiger partial charge on any atom is -0.493 e. The Kier molecular flexibility index (Phi) is 6.16. The Balaban J connectivity index is 1.77. The predicted molar refractivity (Wildman–Crippen MR) is 87.4 cm³/mol. The van der Waals surface area contributed by atoms with Gasteiger partial charge in [-0.3, -0.25) is 9.59 Å². The van der Waals surface area contributed by atoms with Crippen LogP contribution in [-0.2, 0) is 9.59 Å². The van der Waals surface area contributed by atoms with Crippen LogP contribution >= 0.6 is 0 Å². The molecule has 1 aromatic rings. The second-order valence-corrected chi connectivity index (χ2v) is 6.03. The number of β-amino-alcohol motifs (C(OH)–C–C–N with tert-alkyl or cyclic N) is 1. The molecule has 24 heavy (non-hydrogen) atoms. The van der Waals surface area contributed by atoms with Gasteiger partial charge in [-0.25, -0.2) is 0 Å². The molecule has 0 saturated carbocycles. The number of aliphatic hydroxyl groups excluding tert-OH is 1. The molecule has 2 rings (SSSR count). The first-order chi connectivity index (χ1) is 11.4. The van der Waals surface area contributed by atoms with Gasteiger partial charge in [-0.1, -0.05) is 18.2 Å².